The zero-order chi connectivity index (χ0) is 41.7. The van der Waals surface area contributed by atoms with Gasteiger partial charge < -0.3 is 24.6 Å². The number of hydrogen-bond donors (Lipinski definition) is 0. The van der Waals surface area contributed by atoms with E-state index in [2.05, 4.69) is 35.4 Å². The molecule has 58 heavy (non-hydrogen) atoms. The summed E-state index contributed by atoms with van der Waals surface area (Å²) in [6.07, 6.45) is 40.2. The first-order valence-electron chi connectivity index (χ1n) is 24.4. The van der Waals surface area contributed by atoms with E-state index >= 15 is 0 Å². The van der Waals surface area contributed by atoms with Gasteiger partial charge in [-0.25, -0.2) is 0 Å². The molecule has 0 saturated heterocycles. The molecule has 2 rings (SSSR count). The van der Waals surface area contributed by atoms with E-state index < -0.39 is 0 Å². The van der Waals surface area contributed by atoms with Crippen LogP contribution in [0.4, 0.5) is 0 Å². The second kappa shape index (κ2) is 36.0. The fourth-order valence-electron chi connectivity index (χ4n) is 7.70. The Morgan fingerprint density at radius 3 is 1.22 bits per heavy atom. The largest absolute Gasteiger partial charge is 0.490 e. The lowest BCUT2D eigenvalue weighted by atomic mass is 10.0. The molecule has 7 nitrogen and oxygen atoms in total. The van der Waals surface area contributed by atoms with Crippen molar-refractivity contribution in [3.63, 3.8) is 0 Å². The van der Waals surface area contributed by atoms with Crippen LogP contribution in [-0.4, -0.2) is 54.3 Å². The molecule has 1 aromatic heterocycles. The number of pyridine rings is 1. The third-order valence-electron chi connectivity index (χ3n) is 11.2. The summed E-state index contributed by atoms with van der Waals surface area (Å²) in [7, 11) is 4.06. The highest BCUT2D eigenvalue weighted by molar-refractivity contribution is 6.09. The molecular formula is C51H88N4O3. The van der Waals surface area contributed by atoms with Crippen LogP contribution < -0.4 is 14.2 Å². The van der Waals surface area contributed by atoms with E-state index in [0.29, 0.717) is 49.3 Å². The molecule has 7 heteroatoms. The van der Waals surface area contributed by atoms with Crippen LogP contribution in [0.2, 0.25) is 0 Å². The number of nitrogens with zero attached hydrogens (tertiary/aromatic N) is 4. The number of ether oxygens (including phenoxy) is 3. The first-order chi connectivity index (χ1) is 28.5. The molecule has 0 unspecified atom stereocenters. The van der Waals surface area contributed by atoms with Crippen molar-refractivity contribution in [3.05, 3.63) is 52.8 Å². The minimum absolute atomic E-state index is 0.469. The Kier molecular flexibility index (Phi) is 31.8. The molecule has 0 radical (unpaired) electrons. The summed E-state index contributed by atoms with van der Waals surface area (Å²) in [6, 6.07) is 7.87. The van der Waals surface area contributed by atoms with E-state index in [-0.39, 0.29) is 0 Å². The van der Waals surface area contributed by atoms with Crippen LogP contribution in [0.15, 0.2) is 30.5 Å². The maximum atomic E-state index is 10.5. The Balaban J connectivity index is 2.18. The summed E-state index contributed by atoms with van der Waals surface area (Å²) >= 11 is 0. The zero-order valence-electron chi connectivity index (χ0n) is 38.4. The van der Waals surface area contributed by atoms with Gasteiger partial charge in [-0.1, -0.05) is 194 Å². The minimum Gasteiger partial charge on any atom is -0.490 e. The molecule has 330 valence electrons. The quantitative estimate of drug-likeness (QED) is 0.0290. The van der Waals surface area contributed by atoms with Gasteiger partial charge in [0.2, 0.25) is 5.75 Å². The topological polar surface area (TPSA) is 80.2 Å². The second-order valence-corrected chi connectivity index (χ2v) is 17.1. The summed E-state index contributed by atoms with van der Waals surface area (Å²) < 4.78 is 19.8. The third kappa shape index (κ3) is 24.9. The third-order valence-corrected chi connectivity index (χ3v) is 11.2. The number of benzene rings is 1. The molecular weight excluding hydrogens is 717 g/mol. The van der Waals surface area contributed by atoms with E-state index in [4.69, 9.17) is 14.2 Å². The van der Waals surface area contributed by atoms with Gasteiger partial charge in [0.15, 0.2) is 11.5 Å². The lowest BCUT2D eigenvalue weighted by molar-refractivity contribution is -0.00286. The monoisotopic (exact) mass is 805 g/mol. The summed E-state index contributed by atoms with van der Waals surface area (Å²) in [5, 5.41) is 0. The van der Waals surface area contributed by atoms with Crippen molar-refractivity contribution in [2.45, 2.75) is 220 Å². The SMILES string of the molecule is CCCCCCCCCCCCOc1cc(C(=[N+]=[N-])c2ccnc(CN(C)C)c2)cc(OCCCCCCCCCCCC)c1OCCCCCCCCCCCC. The van der Waals surface area contributed by atoms with Crippen LogP contribution in [0, 0.1) is 0 Å². The van der Waals surface area contributed by atoms with Crippen molar-refractivity contribution in [3.8, 4) is 17.2 Å². The van der Waals surface area contributed by atoms with Gasteiger partial charge in [0.1, 0.15) is 0 Å². The molecule has 0 atom stereocenters. The summed E-state index contributed by atoms with van der Waals surface area (Å²) in [5.41, 5.74) is 13.4. The van der Waals surface area contributed by atoms with Crippen LogP contribution in [0.1, 0.15) is 230 Å². The van der Waals surface area contributed by atoms with E-state index in [1.54, 1.807) is 6.20 Å². The number of hydrogen-bond acceptors (Lipinski definition) is 5. The normalized spacial score (nSPS) is 11.3. The average molecular weight is 805 g/mol. The Morgan fingerprint density at radius 1 is 0.500 bits per heavy atom. The number of unbranched alkanes of at least 4 members (excludes halogenated alkanes) is 27. The average Bonchev–Trinajstić information content (AvgIpc) is 3.21. The van der Waals surface area contributed by atoms with E-state index in [9.17, 15) is 5.53 Å². The van der Waals surface area contributed by atoms with Crippen molar-refractivity contribution < 1.29 is 19.0 Å². The Hall–Kier alpha value is -2.89. The van der Waals surface area contributed by atoms with Crippen molar-refractivity contribution >= 4 is 5.71 Å². The van der Waals surface area contributed by atoms with Crippen molar-refractivity contribution in [1.82, 2.24) is 9.88 Å². The van der Waals surface area contributed by atoms with Crippen LogP contribution in [-0.2, 0) is 6.54 Å². The van der Waals surface area contributed by atoms with Gasteiger partial charge in [-0.05, 0) is 57.6 Å². The molecule has 0 aliphatic carbocycles. The van der Waals surface area contributed by atoms with Crippen LogP contribution >= 0.6 is 0 Å². The molecule has 2 aromatic rings. The maximum absolute atomic E-state index is 10.5. The number of rotatable bonds is 40. The van der Waals surface area contributed by atoms with Gasteiger partial charge in [-0.15, -0.1) is 0 Å². The van der Waals surface area contributed by atoms with Crippen molar-refractivity contribution in [2.75, 3.05) is 33.9 Å². The van der Waals surface area contributed by atoms with Gasteiger partial charge in [0.25, 0.3) is 0 Å². The predicted molar refractivity (Wildman–Crippen MR) is 247 cm³/mol. The van der Waals surface area contributed by atoms with Crippen molar-refractivity contribution in [2.24, 2.45) is 0 Å². The maximum Gasteiger partial charge on any atom is 0.330 e. The minimum atomic E-state index is 0.469. The fourth-order valence-corrected chi connectivity index (χ4v) is 7.70. The molecule has 0 aliphatic heterocycles. The Bertz CT molecular complexity index is 1280. The van der Waals surface area contributed by atoms with Gasteiger partial charge in [0, 0.05) is 12.7 Å². The highest BCUT2D eigenvalue weighted by Crippen LogP contribution is 2.40. The Labute approximate surface area is 357 Å². The van der Waals surface area contributed by atoms with E-state index in [1.165, 1.54) is 154 Å². The summed E-state index contributed by atoms with van der Waals surface area (Å²) in [6.45, 7) is 9.38. The smallest absolute Gasteiger partial charge is 0.330 e. The highest BCUT2D eigenvalue weighted by atomic mass is 16.5. The number of aromatic nitrogens is 1. The molecule has 1 heterocycles. The standard InChI is InChI=1S/C51H88N4O3/c1-6-9-12-15-18-21-24-27-30-33-38-56-48-42-46(50(54-52)45-36-37-53-47(41-45)44-55(4)5)43-49(57-39-34-31-28-25-22-19-16-13-10-7-2)51(48)58-40-35-32-29-26-23-20-17-14-11-8-3/h36-37,41-43H,6-35,38-40,44H2,1-5H3. The molecule has 1 aromatic carbocycles. The van der Waals surface area contributed by atoms with Crippen molar-refractivity contribution in [1.29, 1.82) is 0 Å². The summed E-state index contributed by atoms with van der Waals surface area (Å²) in [5.74, 6) is 2.02. The van der Waals surface area contributed by atoms with Gasteiger partial charge >= 0.3 is 5.71 Å². The second-order valence-electron chi connectivity index (χ2n) is 17.1. The first kappa shape index (κ1) is 51.3. The zero-order valence-corrected chi connectivity index (χ0v) is 38.4. The predicted octanol–water partition coefficient (Wildman–Crippen LogP) is 15.1. The Morgan fingerprint density at radius 2 is 0.862 bits per heavy atom. The molecule has 0 N–H and O–H groups in total. The van der Waals surface area contributed by atoms with Gasteiger partial charge in [0.05, 0.1) is 36.6 Å². The lowest BCUT2D eigenvalue weighted by Gasteiger charge is -2.18. The fraction of sp³-hybridized carbons (Fsp3) is 0.765. The molecule has 0 saturated carbocycles. The molecule has 0 spiro atoms. The lowest BCUT2D eigenvalue weighted by Crippen LogP contribution is -2.14. The van der Waals surface area contributed by atoms with Crippen LogP contribution in [0.5, 0.6) is 17.2 Å². The van der Waals surface area contributed by atoms with Gasteiger partial charge in [-0.2, -0.15) is 4.79 Å². The highest BCUT2D eigenvalue weighted by Gasteiger charge is 2.24. The van der Waals surface area contributed by atoms with E-state index in [0.717, 1.165) is 55.3 Å². The van der Waals surface area contributed by atoms with Crippen LogP contribution in [0.3, 0.4) is 0 Å². The van der Waals surface area contributed by atoms with Crippen LogP contribution in [0.25, 0.3) is 5.53 Å². The van der Waals surface area contributed by atoms with E-state index in [1.807, 2.05) is 38.4 Å². The first-order valence-corrected chi connectivity index (χ1v) is 24.4. The summed E-state index contributed by atoms with van der Waals surface area (Å²) in [4.78, 5) is 10.5. The molecule has 0 aliphatic rings. The molecule has 0 bridgehead atoms. The van der Waals surface area contributed by atoms with Gasteiger partial charge in [-0.3, -0.25) is 4.98 Å². The molecule has 0 amide bonds. The molecule has 0 fully saturated rings.